The molecule has 220 valence electrons. The molecule has 6 rings (SSSR count). The lowest BCUT2D eigenvalue weighted by atomic mass is 9.83. The molecular formula is C30H22F3N3O5S2. The van der Waals surface area contributed by atoms with Gasteiger partial charge in [0.2, 0.25) is 11.8 Å². The van der Waals surface area contributed by atoms with Crippen molar-refractivity contribution in [2.45, 2.75) is 29.3 Å². The molecule has 3 heterocycles. The largest absolute Gasteiger partial charge is 0.484 e. The second kappa shape index (κ2) is 11.0. The summed E-state index contributed by atoms with van der Waals surface area (Å²) in [5, 5.41) is 2.10. The third-order valence-corrected chi connectivity index (χ3v) is 9.62. The van der Waals surface area contributed by atoms with Gasteiger partial charge >= 0.3 is 11.0 Å². The zero-order valence-electron chi connectivity index (χ0n) is 22.3. The van der Waals surface area contributed by atoms with Gasteiger partial charge in [-0.3, -0.25) is 19.2 Å². The molecule has 3 amide bonds. The van der Waals surface area contributed by atoms with Crippen LogP contribution >= 0.6 is 23.1 Å². The van der Waals surface area contributed by atoms with Gasteiger partial charge < -0.3 is 15.0 Å². The number of anilines is 2. The van der Waals surface area contributed by atoms with E-state index in [9.17, 15) is 32.3 Å². The number of alkyl halides is 3. The SMILES string of the molecule is Cc1ccc(NC(=O)COc2ccc(C3c4sc(=O)[nH]c4SC4C(=O)N(c5ccccc5C(F)(F)F)C(=O)C43)cc2)cc1. The molecule has 13 heteroatoms. The second-order valence-electron chi connectivity index (χ2n) is 10.0. The first-order valence-electron chi connectivity index (χ1n) is 13.0. The molecule has 3 atom stereocenters. The first-order valence-corrected chi connectivity index (χ1v) is 14.7. The number of thioether (sulfide) groups is 1. The number of aromatic amines is 1. The van der Waals surface area contributed by atoms with Crippen LogP contribution in [0.4, 0.5) is 24.5 Å². The molecule has 1 fully saturated rings. The fourth-order valence-corrected chi connectivity index (χ4v) is 7.79. The zero-order valence-corrected chi connectivity index (χ0v) is 23.9. The van der Waals surface area contributed by atoms with E-state index >= 15 is 0 Å². The van der Waals surface area contributed by atoms with Crippen molar-refractivity contribution in [3.63, 3.8) is 0 Å². The van der Waals surface area contributed by atoms with Crippen molar-refractivity contribution in [2.75, 3.05) is 16.8 Å². The predicted molar refractivity (Wildman–Crippen MR) is 156 cm³/mol. The topological polar surface area (TPSA) is 109 Å². The molecule has 2 N–H and O–H groups in total. The molecule has 0 saturated carbocycles. The van der Waals surface area contributed by atoms with Crippen LogP contribution in [-0.4, -0.2) is 34.6 Å². The van der Waals surface area contributed by atoms with Gasteiger partial charge in [-0.05, 0) is 48.9 Å². The lowest BCUT2D eigenvalue weighted by Gasteiger charge is -2.29. The summed E-state index contributed by atoms with van der Waals surface area (Å²) < 4.78 is 47.1. The van der Waals surface area contributed by atoms with Crippen LogP contribution < -0.4 is 19.8 Å². The van der Waals surface area contributed by atoms with E-state index in [1.807, 2.05) is 19.1 Å². The smallest absolute Gasteiger partial charge is 0.418 e. The Kier molecular flexibility index (Phi) is 7.38. The van der Waals surface area contributed by atoms with E-state index < -0.39 is 46.3 Å². The van der Waals surface area contributed by atoms with Crippen LogP contribution in [0, 0.1) is 12.8 Å². The number of hydrogen-bond donors (Lipinski definition) is 2. The minimum atomic E-state index is -4.78. The van der Waals surface area contributed by atoms with Gasteiger partial charge in [0.1, 0.15) is 11.0 Å². The molecule has 8 nitrogen and oxygen atoms in total. The Morgan fingerprint density at radius 2 is 1.67 bits per heavy atom. The average Bonchev–Trinajstić information content (AvgIpc) is 3.47. The summed E-state index contributed by atoms with van der Waals surface area (Å²) in [5.41, 5.74) is 0.633. The van der Waals surface area contributed by atoms with Crippen LogP contribution in [0.1, 0.15) is 27.5 Å². The molecule has 2 aliphatic heterocycles. The highest BCUT2D eigenvalue weighted by atomic mass is 32.2. The number of para-hydroxylation sites is 1. The summed E-state index contributed by atoms with van der Waals surface area (Å²) in [4.78, 5) is 55.5. The van der Waals surface area contributed by atoms with Crippen molar-refractivity contribution < 1.29 is 32.3 Å². The van der Waals surface area contributed by atoms with Gasteiger partial charge in [-0.2, -0.15) is 13.2 Å². The molecule has 0 spiro atoms. The highest BCUT2D eigenvalue weighted by molar-refractivity contribution is 8.00. The number of carbonyl (C=O) groups is 3. The van der Waals surface area contributed by atoms with Crippen LogP contribution in [0.25, 0.3) is 0 Å². The number of rotatable bonds is 6. The Balaban J connectivity index is 1.27. The third kappa shape index (κ3) is 5.45. The van der Waals surface area contributed by atoms with Gasteiger partial charge in [-0.15, -0.1) is 0 Å². The fourth-order valence-electron chi connectivity index (χ4n) is 5.28. The summed E-state index contributed by atoms with van der Waals surface area (Å²) >= 11 is 1.87. The number of amides is 3. The highest BCUT2D eigenvalue weighted by Gasteiger charge is 2.57. The first kappa shape index (κ1) is 28.7. The number of aryl methyl sites for hydroxylation is 1. The molecule has 0 aliphatic carbocycles. The number of aromatic nitrogens is 1. The average molecular weight is 626 g/mol. The molecule has 4 aromatic rings. The maximum atomic E-state index is 13.8. The predicted octanol–water partition coefficient (Wildman–Crippen LogP) is 5.58. The van der Waals surface area contributed by atoms with Crippen LogP contribution in [0.3, 0.4) is 0 Å². The normalized spacial score (nSPS) is 19.6. The number of ether oxygens (including phenoxy) is 1. The highest BCUT2D eigenvalue weighted by Crippen LogP contribution is 2.54. The van der Waals surface area contributed by atoms with Crippen molar-refractivity contribution in [3.8, 4) is 5.75 Å². The zero-order chi connectivity index (χ0) is 30.5. The number of nitrogens with zero attached hydrogens (tertiary/aromatic N) is 1. The van der Waals surface area contributed by atoms with Crippen molar-refractivity contribution in [3.05, 3.63) is 104 Å². The van der Waals surface area contributed by atoms with Gasteiger partial charge in [-0.25, -0.2) is 4.90 Å². The summed E-state index contributed by atoms with van der Waals surface area (Å²) in [6.07, 6.45) is -4.78. The molecule has 3 unspecified atom stereocenters. The summed E-state index contributed by atoms with van der Waals surface area (Å²) in [7, 11) is 0. The monoisotopic (exact) mass is 625 g/mol. The number of hydrogen-bond acceptors (Lipinski definition) is 7. The number of thiazole rings is 1. The Morgan fingerprint density at radius 1 is 0.977 bits per heavy atom. The van der Waals surface area contributed by atoms with E-state index in [-0.39, 0.29) is 17.4 Å². The molecule has 1 aromatic heterocycles. The number of fused-ring (bicyclic) bond motifs is 2. The van der Waals surface area contributed by atoms with Gasteiger partial charge in [0, 0.05) is 16.5 Å². The summed E-state index contributed by atoms with van der Waals surface area (Å²) in [5.74, 6) is -3.38. The van der Waals surface area contributed by atoms with Crippen molar-refractivity contribution in [2.24, 2.45) is 5.92 Å². The van der Waals surface area contributed by atoms with E-state index in [0.717, 1.165) is 40.8 Å². The van der Waals surface area contributed by atoms with E-state index in [1.54, 1.807) is 36.4 Å². The lowest BCUT2D eigenvalue weighted by molar-refractivity contribution is -0.137. The number of nitrogens with one attached hydrogen (secondary N) is 2. The molecule has 0 radical (unpaired) electrons. The van der Waals surface area contributed by atoms with E-state index in [0.29, 0.717) is 31.8 Å². The number of carbonyl (C=O) groups excluding carboxylic acids is 3. The van der Waals surface area contributed by atoms with E-state index in [1.165, 1.54) is 12.1 Å². The number of H-pyrrole nitrogens is 1. The Morgan fingerprint density at radius 3 is 2.37 bits per heavy atom. The van der Waals surface area contributed by atoms with Crippen molar-refractivity contribution in [1.29, 1.82) is 0 Å². The molecule has 2 aliphatic rings. The molecular weight excluding hydrogens is 603 g/mol. The second-order valence-corrected chi connectivity index (χ2v) is 12.2. The van der Waals surface area contributed by atoms with Gasteiger partial charge in [0.15, 0.2) is 6.61 Å². The van der Waals surface area contributed by atoms with E-state index in [2.05, 4.69) is 10.3 Å². The van der Waals surface area contributed by atoms with Gasteiger partial charge in [0.25, 0.3) is 5.91 Å². The lowest BCUT2D eigenvalue weighted by Crippen LogP contribution is -2.33. The Labute approximate surface area is 250 Å². The van der Waals surface area contributed by atoms with Crippen LogP contribution in [0.5, 0.6) is 5.75 Å². The first-order chi connectivity index (χ1) is 20.5. The van der Waals surface area contributed by atoms with Crippen LogP contribution in [0.2, 0.25) is 0 Å². The fraction of sp³-hybridized carbons (Fsp3) is 0.200. The number of imide groups is 1. The maximum Gasteiger partial charge on any atom is 0.418 e. The van der Waals surface area contributed by atoms with Crippen LogP contribution in [-0.2, 0) is 20.6 Å². The Hall–Kier alpha value is -4.36. The van der Waals surface area contributed by atoms with E-state index in [4.69, 9.17) is 4.74 Å². The number of benzene rings is 3. The Bertz CT molecular complexity index is 1780. The molecule has 1 saturated heterocycles. The number of halogens is 3. The van der Waals surface area contributed by atoms with Gasteiger partial charge in [-0.1, -0.05) is 65.1 Å². The standard InChI is InChI=1S/C30H22F3N3O5S2/c1-15-6-10-17(11-7-15)34-21(37)14-41-18-12-8-16(9-13-18)22-23-25(42-26-24(22)43-29(40)35-26)28(39)36(27(23)38)20-5-3-2-4-19(20)30(31,32)33/h2-13,22-23,25H,14H2,1H3,(H,34,37)(H,35,40). The minimum absolute atomic E-state index is 0.262. The van der Waals surface area contributed by atoms with Crippen LogP contribution in [0.15, 0.2) is 82.6 Å². The van der Waals surface area contributed by atoms with Gasteiger partial charge in [0.05, 0.1) is 22.2 Å². The maximum absolute atomic E-state index is 13.8. The molecule has 0 bridgehead atoms. The quantitative estimate of drug-likeness (QED) is 0.271. The van der Waals surface area contributed by atoms with Crippen molar-refractivity contribution in [1.82, 2.24) is 4.98 Å². The minimum Gasteiger partial charge on any atom is -0.484 e. The molecule has 3 aromatic carbocycles. The summed E-state index contributed by atoms with van der Waals surface area (Å²) in [6.45, 7) is 1.67. The molecule has 43 heavy (non-hydrogen) atoms. The van der Waals surface area contributed by atoms with Crippen molar-refractivity contribution >= 4 is 52.2 Å². The third-order valence-electron chi connectivity index (χ3n) is 7.22. The summed E-state index contributed by atoms with van der Waals surface area (Å²) in [6, 6.07) is 18.3.